The lowest BCUT2D eigenvalue weighted by Crippen LogP contribution is -2.22. The van der Waals surface area contributed by atoms with Gasteiger partial charge in [0.2, 0.25) is 5.91 Å². The molecule has 2 aromatic carbocycles. The van der Waals surface area contributed by atoms with Crippen LogP contribution in [0.25, 0.3) is 5.69 Å². The van der Waals surface area contributed by atoms with Gasteiger partial charge >= 0.3 is 0 Å². The van der Waals surface area contributed by atoms with E-state index < -0.39 is 5.25 Å². The van der Waals surface area contributed by atoms with Crippen molar-refractivity contribution in [3.8, 4) is 11.4 Å². The van der Waals surface area contributed by atoms with Crippen molar-refractivity contribution in [3.05, 3.63) is 60.4 Å². The van der Waals surface area contributed by atoms with Crippen molar-refractivity contribution in [2.45, 2.75) is 24.3 Å². The quantitative estimate of drug-likeness (QED) is 0.485. The molecule has 3 aromatic rings. The summed E-state index contributed by atoms with van der Waals surface area (Å²) in [5.74, 6) is 0.499. The molecule has 0 fully saturated rings. The van der Waals surface area contributed by atoms with Gasteiger partial charge in [0.25, 0.3) is 0 Å². The minimum absolute atomic E-state index is 0.0162. The van der Waals surface area contributed by atoms with Gasteiger partial charge < -0.3 is 10.1 Å². The molecule has 0 radical (unpaired) electrons. The van der Waals surface area contributed by atoms with Gasteiger partial charge in [-0.2, -0.15) is 0 Å². The Morgan fingerprint density at radius 1 is 1.14 bits per heavy atom. The predicted octanol–water partition coefficient (Wildman–Crippen LogP) is 3.60. The summed E-state index contributed by atoms with van der Waals surface area (Å²) in [6.45, 7) is 3.30. The number of thioether (sulfide) groups is 1. The zero-order valence-corrected chi connectivity index (χ0v) is 16.6. The molecule has 0 unspecified atom stereocenters. The number of Topliss-reactive ketones (excluding diaryl/α,β-unsaturated/α-hetero) is 1. The normalized spacial score (nSPS) is 11.7. The molecule has 8 heteroatoms. The van der Waals surface area contributed by atoms with Gasteiger partial charge in [0.05, 0.1) is 18.0 Å². The Labute approximate surface area is 167 Å². The first-order valence-electron chi connectivity index (χ1n) is 8.61. The van der Waals surface area contributed by atoms with Crippen LogP contribution in [0.1, 0.15) is 24.2 Å². The molecular weight excluding hydrogens is 376 g/mol. The first kappa shape index (κ1) is 19.6. The highest BCUT2D eigenvalue weighted by Gasteiger charge is 2.19. The molecule has 0 aliphatic rings. The molecule has 0 aliphatic heterocycles. The highest BCUT2D eigenvalue weighted by Crippen LogP contribution is 2.29. The Hall–Kier alpha value is -3.13. The number of nitrogens with zero attached hydrogens (tertiary/aromatic N) is 3. The number of rotatable bonds is 7. The van der Waals surface area contributed by atoms with E-state index in [-0.39, 0.29) is 11.7 Å². The highest BCUT2D eigenvalue weighted by molar-refractivity contribution is 8.00. The summed E-state index contributed by atoms with van der Waals surface area (Å²) in [6.07, 6.45) is 1.59. The van der Waals surface area contributed by atoms with E-state index in [9.17, 15) is 9.59 Å². The molecule has 0 aliphatic carbocycles. The fourth-order valence-electron chi connectivity index (χ4n) is 2.54. The topological polar surface area (TPSA) is 86.1 Å². The van der Waals surface area contributed by atoms with Crippen molar-refractivity contribution in [1.82, 2.24) is 14.8 Å². The van der Waals surface area contributed by atoms with Gasteiger partial charge in [-0.15, -0.1) is 10.2 Å². The van der Waals surface area contributed by atoms with Gasteiger partial charge in [0.1, 0.15) is 12.1 Å². The standard InChI is InChI=1S/C20H20N4O3S/c1-13(25)15-8-10-16(11-9-15)22-19(26)14(2)28-20-23-21-12-24(20)17-6-4-5-7-18(17)27-3/h4-12,14H,1-3H3,(H,22,26)/t14-/m1/s1. The van der Waals surface area contributed by atoms with Gasteiger partial charge in [-0.05, 0) is 50.2 Å². The molecule has 1 atom stereocenters. The monoisotopic (exact) mass is 396 g/mol. The van der Waals surface area contributed by atoms with Gasteiger partial charge in [-0.25, -0.2) is 0 Å². The maximum atomic E-state index is 12.5. The van der Waals surface area contributed by atoms with E-state index in [2.05, 4.69) is 15.5 Å². The number of hydrogen-bond acceptors (Lipinski definition) is 6. The molecule has 0 bridgehead atoms. The van der Waals surface area contributed by atoms with Gasteiger partial charge in [0, 0.05) is 11.3 Å². The van der Waals surface area contributed by atoms with Crippen molar-refractivity contribution >= 4 is 29.1 Å². The minimum atomic E-state index is -0.412. The zero-order chi connectivity index (χ0) is 20.1. The summed E-state index contributed by atoms with van der Waals surface area (Å²) in [7, 11) is 1.60. The van der Waals surface area contributed by atoms with Gasteiger partial charge in [-0.3, -0.25) is 14.2 Å². The summed E-state index contributed by atoms with van der Waals surface area (Å²) in [5.41, 5.74) is 2.03. The lowest BCUT2D eigenvalue weighted by molar-refractivity contribution is -0.115. The van der Waals surface area contributed by atoms with E-state index in [1.54, 1.807) is 49.2 Å². The zero-order valence-electron chi connectivity index (χ0n) is 15.7. The number of nitrogens with one attached hydrogen (secondary N) is 1. The van der Waals surface area contributed by atoms with E-state index in [0.717, 1.165) is 5.69 Å². The van der Waals surface area contributed by atoms with Crippen molar-refractivity contribution in [1.29, 1.82) is 0 Å². The molecule has 7 nitrogen and oxygen atoms in total. The van der Waals surface area contributed by atoms with E-state index in [1.165, 1.54) is 18.7 Å². The van der Waals surface area contributed by atoms with Crippen LogP contribution in [0, 0.1) is 0 Å². The number of anilines is 1. The molecule has 0 saturated carbocycles. The van der Waals surface area contributed by atoms with Crippen molar-refractivity contribution < 1.29 is 14.3 Å². The minimum Gasteiger partial charge on any atom is -0.495 e. The highest BCUT2D eigenvalue weighted by atomic mass is 32.2. The van der Waals surface area contributed by atoms with Crippen LogP contribution in [0.5, 0.6) is 5.75 Å². The third kappa shape index (κ3) is 4.40. The molecule has 28 heavy (non-hydrogen) atoms. The fraction of sp³-hybridized carbons (Fsp3) is 0.200. The summed E-state index contributed by atoms with van der Waals surface area (Å²) in [4.78, 5) is 23.9. The number of methoxy groups -OCH3 is 1. The molecule has 1 N–H and O–H groups in total. The first-order valence-corrected chi connectivity index (χ1v) is 9.49. The average molecular weight is 396 g/mol. The summed E-state index contributed by atoms with van der Waals surface area (Å²) >= 11 is 1.29. The second-order valence-corrected chi connectivity index (χ2v) is 7.35. The summed E-state index contributed by atoms with van der Waals surface area (Å²) in [6, 6.07) is 14.3. The number of benzene rings is 2. The van der Waals surface area contributed by atoms with Crippen LogP contribution in [-0.2, 0) is 4.79 Å². The van der Waals surface area contributed by atoms with E-state index >= 15 is 0 Å². The van der Waals surface area contributed by atoms with Crippen LogP contribution in [-0.4, -0.2) is 38.8 Å². The number of ketones is 1. The van der Waals surface area contributed by atoms with E-state index in [0.29, 0.717) is 22.2 Å². The van der Waals surface area contributed by atoms with Crippen LogP contribution >= 0.6 is 11.8 Å². The van der Waals surface area contributed by atoms with Crippen LogP contribution in [0.2, 0.25) is 0 Å². The summed E-state index contributed by atoms with van der Waals surface area (Å²) in [5, 5.41) is 11.1. The van der Waals surface area contributed by atoms with E-state index in [4.69, 9.17) is 4.74 Å². The maximum Gasteiger partial charge on any atom is 0.237 e. The maximum absolute atomic E-state index is 12.5. The largest absolute Gasteiger partial charge is 0.495 e. The van der Waals surface area contributed by atoms with Crippen molar-refractivity contribution in [3.63, 3.8) is 0 Å². The molecule has 1 aromatic heterocycles. The Morgan fingerprint density at radius 2 is 1.86 bits per heavy atom. The molecule has 0 spiro atoms. The average Bonchev–Trinajstić information content (AvgIpc) is 3.16. The number of ether oxygens (including phenoxy) is 1. The molecule has 0 saturated heterocycles. The summed E-state index contributed by atoms with van der Waals surface area (Å²) < 4.78 is 7.18. The van der Waals surface area contributed by atoms with Crippen LogP contribution in [0.3, 0.4) is 0 Å². The fourth-order valence-corrected chi connectivity index (χ4v) is 3.38. The van der Waals surface area contributed by atoms with E-state index in [1.807, 2.05) is 24.3 Å². The SMILES string of the molecule is COc1ccccc1-n1cnnc1S[C@H](C)C(=O)Nc1ccc(C(C)=O)cc1. The van der Waals surface area contributed by atoms with Crippen molar-refractivity contribution in [2.24, 2.45) is 0 Å². The van der Waals surface area contributed by atoms with Gasteiger partial charge in [0.15, 0.2) is 10.9 Å². The number of aromatic nitrogens is 3. The third-order valence-corrected chi connectivity index (χ3v) is 5.13. The third-order valence-electron chi connectivity index (χ3n) is 4.07. The Kier molecular flexibility index (Phi) is 6.10. The smallest absolute Gasteiger partial charge is 0.237 e. The first-order chi connectivity index (χ1) is 13.5. The van der Waals surface area contributed by atoms with Crippen LogP contribution < -0.4 is 10.1 Å². The molecule has 1 heterocycles. The second kappa shape index (κ2) is 8.71. The number of para-hydroxylation sites is 2. The van der Waals surface area contributed by atoms with Gasteiger partial charge in [-0.1, -0.05) is 23.9 Å². The lowest BCUT2D eigenvalue weighted by atomic mass is 10.1. The molecule has 3 rings (SSSR count). The van der Waals surface area contributed by atoms with Crippen LogP contribution in [0.15, 0.2) is 60.0 Å². The predicted molar refractivity (Wildman–Crippen MR) is 108 cm³/mol. The Bertz CT molecular complexity index is 985. The molecular formula is C20H20N4O3S. The lowest BCUT2D eigenvalue weighted by Gasteiger charge is -2.14. The number of carbonyl (C=O) groups is 2. The van der Waals surface area contributed by atoms with Crippen molar-refractivity contribution in [2.75, 3.05) is 12.4 Å². The molecule has 1 amide bonds. The second-order valence-electron chi connectivity index (χ2n) is 6.04. The number of carbonyl (C=O) groups excluding carboxylic acids is 2. The Morgan fingerprint density at radius 3 is 2.54 bits per heavy atom. The Balaban J connectivity index is 1.71. The molecule has 144 valence electrons. The number of hydrogen-bond donors (Lipinski definition) is 1. The number of amides is 1. The van der Waals surface area contributed by atoms with Crippen LogP contribution in [0.4, 0.5) is 5.69 Å².